The van der Waals surface area contributed by atoms with E-state index in [1.54, 1.807) is 0 Å². The first kappa shape index (κ1) is 16.5. The summed E-state index contributed by atoms with van der Waals surface area (Å²) in [5.74, 6) is -1.29. The van der Waals surface area contributed by atoms with E-state index >= 15 is 0 Å². The molecule has 5 nitrogen and oxygen atoms in total. The number of nitrogens with one attached hydrogen (secondary N) is 1. The molecule has 3 rings (SSSR count). The van der Waals surface area contributed by atoms with Crippen LogP contribution in [0.2, 0.25) is 0 Å². The fourth-order valence-electron chi connectivity index (χ4n) is 3.16. The van der Waals surface area contributed by atoms with Crippen LogP contribution in [0.25, 0.3) is 10.8 Å². The number of benzene rings is 2. The number of aliphatic carboxylic acids is 1. The third-order valence-corrected chi connectivity index (χ3v) is 4.37. The monoisotopic (exact) mass is 327 g/mol. The van der Waals surface area contributed by atoms with Gasteiger partial charge in [-0.05, 0) is 29.2 Å². The highest BCUT2D eigenvalue weighted by molar-refractivity contribution is 5.88. The molecule has 5 heteroatoms. The fraction of sp³-hybridized carbons (Fsp3) is 0.368. The van der Waals surface area contributed by atoms with Crippen molar-refractivity contribution < 1.29 is 19.4 Å². The lowest BCUT2D eigenvalue weighted by Gasteiger charge is -2.17. The number of hydrogen-bond acceptors (Lipinski definition) is 3. The standard InChI is InChI=1S/C19H21NO4/c21-18(12-15-8-4-10-24-15)20-17(19(22)23)11-14-7-3-6-13-5-1-2-9-16(13)14/h1-3,5-7,9,15,17H,4,8,10-12H2,(H,20,21)(H,22,23)/t15-,17-/m1/s1. The molecular weight excluding hydrogens is 306 g/mol. The highest BCUT2D eigenvalue weighted by Gasteiger charge is 2.24. The first-order chi connectivity index (χ1) is 11.6. The quantitative estimate of drug-likeness (QED) is 0.855. The highest BCUT2D eigenvalue weighted by atomic mass is 16.5. The van der Waals surface area contributed by atoms with Gasteiger partial charge in [-0.2, -0.15) is 0 Å². The molecular formula is C19H21NO4. The molecule has 1 amide bonds. The zero-order chi connectivity index (χ0) is 16.9. The minimum atomic E-state index is -1.02. The number of carboxylic acid groups (broad SMARTS) is 1. The smallest absolute Gasteiger partial charge is 0.326 e. The van der Waals surface area contributed by atoms with Gasteiger partial charge in [0, 0.05) is 13.0 Å². The Labute approximate surface area is 140 Å². The lowest BCUT2D eigenvalue weighted by molar-refractivity contribution is -0.142. The Balaban J connectivity index is 1.71. The molecule has 0 aliphatic carbocycles. The van der Waals surface area contributed by atoms with Crippen LogP contribution < -0.4 is 5.32 Å². The molecule has 1 aliphatic rings. The Morgan fingerprint density at radius 2 is 2.00 bits per heavy atom. The van der Waals surface area contributed by atoms with E-state index in [0.29, 0.717) is 6.61 Å². The summed E-state index contributed by atoms with van der Waals surface area (Å²) < 4.78 is 5.43. The number of carbonyl (C=O) groups is 2. The first-order valence-corrected chi connectivity index (χ1v) is 8.24. The van der Waals surface area contributed by atoms with E-state index in [-0.39, 0.29) is 24.9 Å². The minimum absolute atomic E-state index is 0.0861. The van der Waals surface area contributed by atoms with Gasteiger partial charge in [0.15, 0.2) is 0 Å². The predicted molar refractivity (Wildman–Crippen MR) is 90.8 cm³/mol. The molecule has 2 atom stereocenters. The zero-order valence-electron chi connectivity index (χ0n) is 13.4. The number of amides is 1. The maximum atomic E-state index is 12.1. The molecule has 2 N–H and O–H groups in total. The Morgan fingerprint density at radius 1 is 1.21 bits per heavy atom. The van der Waals surface area contributed by atoms with Gasteiger partial charge in [0.1, 0.15) is 6.04 Å². The van der Waals surface area contributed by atoms with E-state index < -0.39 is 12.0 Å². The van der Waals surface area contributed by atoms with Crippen LogP contribution in [0.4, 0.5) is 0 Å². The number of fused-ring (bicyclic) bond motifs is 1. The van der Waals surface area contributed by atoms with Gasteiger partial charge in [-0.3, -0.25) is 4.79 Å². The maximum Gasteiger partial charge on any atom is 0.326 e. The lowest BCUT2D eigenvalue weighted by Crippen LogP contribution is -2.43. The summed E-state index contributed by atoms with van der Waals surface area (Å²) in [4.78, 5) is 23.7. The summed E-state index contributed by atoms with van der Waals surface area (Å²) in [5.41, 5.74) is 0.915. The molecule has 2 aromatic carbocycles. The summed E-state index contributed by atoms with van der Waals surface area (Å²) >= 11 is 0. The van der Waals surface area contributed by atoms with Crippen molar-refractivity contribution in [1.82, 2.24) is 5.32 Å². The minimum Gasteiger partial charge on any atom is -0.480 e. The average Bonchev–Trinajstić information content (AvgIpc) is 3.07. The van der Waals surface area contributed by atoms with E-state index in [1.807, 2.05) is 42.5 Å². The Kier molecular flexibility index (Phi) is 5.11. The van der Waals surface area contributed by atoms with E-state index in [1.165, 1.54) is 0 Å². The topological polar surface area (TPSA) is 75.6 Å². The van der Waals surface area contributed by atoms with Gasteiger partial charge in [-0.15, -0.1) is 0 Å². The van der Waals surface area contributed by atoms with Gasteiger partial charge < -0.3 is 15.2 Å². The van der Waals surface area contributed by atoms with E-state index in [4.69, 9.17) is 4.74 Å². The molecule has 0 spiro atoms. The molecule has 1 heterocycles. The van der Waals surface area contributed by atoms with Crippen LogP contribution in [0.5, 0.6) is 0 Å². The number of hydrogen-bond donors (Lipinski definition) is 2. The molecule has 0 radical (unpaired) electrons. The lowest BCUT2D eigenvalue weighted by atomic mass is 9.98. The van der Waals surface area contributed by atoms with Crippen molar-refractivity contribution in [2.24, 2.45) is 0 Å². The van der Waals surface area contributed by atoms with Gasteiger partial charge in [0.25, 0.3) is 0 Å². The van der Waals surface area contributed by atoms with Crippen LogP contribution in [0.1, 0.15) is 24.8 Å². The summed E-state index contributed by atoms with van der Waals surface area (Å²) in [6.07, 6.45) is 2.20. The molecule has 0 bridgehead atoms. The van der Waals surface area contributed by atoms with Crippen molar-refractivity contribution in [3.63, 3.8) is 0 Å². The number of carboxylic acids is 1. The van der Waals surface area contributed by atoms with Gasteiger partial charge in [0.2, 0.25) is 5.91 Å². The molecule has 24 heavy (non-hydrogen) atoms. The molecule has 0 aromatic heterocycles. The molecule has 2 aromatic rings. The third-order valence-electron chi connectivity index (χ3n) is 4.37. The van der Waals surface area contributed by atoms with Crippen LogP contribution in [0.15, 0.2) is 42.5 Å². The van der Waals surface area contributed by atoms with Crippen LogP contribution in [-0.2, 0) is 20.7 Å². The summed E-state index contributed by atoms with van der Waals surface area (Å²) in [7, 11) is 0. The molecule has 0 saturated carbocycles. The first-order valence-electron chi connectivity index (χ1n) is 8.24. The second-order valence-corrected chi connectivity index (χ2v) is 6.14. The summed E-state index contributed by atoms with van der Waals surface area (Å²) in [6.45, 7) is 0.677. The van der Waals surface area contributed by atoms with Crippen LogP contribution in [0, 0.1) is 0 Å². The highest BCUT2D eigenvalue weighted by Crippen LogP contribution is 2.20. The largest absolute Gasteiger partial charge is 0.480 e. The van der Waals surface area contributed by atoms with E-state index in [2.05, 4.69) is 5.32 Å². The van der Waals surface area contributed by atoms with Crippen molar-refractivity contribution in [2.75, 3.05) is 6.61 Å². The second-order valence-electron chi connectivity index (χ2n) is 6.14. The van der Waals surface area contributed by atoms with E-state index in [0.717, 1.165) is 29.2 Å². The SMILES string of the molecule is O=C(C[C@H]1CCCO1)N[C@H](Cc1cccc2ccccc12)C(=O)O. The zero-order valence-corrected chi connectivity index (χ0v) is 13.4. The van der Waals surface area contributed by atoms with Crippen molar-refractivity contribution in [3.8, 4) is 0 Å². The van der Waals surface area contributed by atoms with Crippen molar-refractivity contribution in [1.29, 1.82) is 0 Å². The second kappa shape index (κ2) is 7.45. The van der Waals surface area contributed by atoms with Crippen molar-refractivity contribution >= 4 is 22.6 Å². The van der Waals surface area contributed by atoms with Crippen molar-refractivity contribution in [2.45, 2.75) is 37.8 Å². The Morgan fingerprint density at radius 3 is 2.75 bits per heavy atom. The van der Waals surface area contributed by atoms with Gasteiger partial charge in [-0.25, -0.2) is 4.79 Å². The molecule has 126 valence electrons. The van der Waals surface area contributed by atoms with Gasteiger partial charge >= 0.3 is 5.97 Å². The third kappa shape index (κ3) is 3.92. The normalized spacial score (nSPS) is 18.4. The number of ether oxygens (including phenoxy) is 1. The van der Waals surface area contributed by atoms with Crippen LogP contribution in [0.3, 0.4) is 0 Å². The number of carbonyl (C=O) groups excluding carboxylic acids is 1. The Hall–Kier alpha value is -2.40. The molecule has 1 aliphatic heterocycles. The van der Waals surface area contributed by atoms with E-state index in [9.17, 15) is 14.7 Å². The molecule has 1 fully saturated rings. The summed E-state index contributed by atoms with van der Waals surface area (Å²) in [5, 5.41) is 14.2. The van der Waals surface area contributed by atoms with Gasteiger partial charge in [0.05, 0.1) is 12.5 Å². The van der Waals surface area contributed by atoms with Gasteiger partial charge in [-0.1, -0.05) is 42.5 Å². The van der Waals surface area contributed by atoms with Crippen LogP contribution in [-0.4, -0.2) is 35.7 Å². The van der Waals surface area contributed by atoms with Crippen molar-refractivity contribution in [3.05, 3.63) is 48.0 Å². The average molecular weight is 327 g/mol. The fourth-order valence-corrected chi connectivity index (χ4v) is 3.16. The molecule has 1 saturated heterocycles. The summed E-state index contributed by atoms with van der Waals surface area (Å²) in [6, 6.07) is 12.7. The maximum absolute atomic E-state index is 12.1. The molecule has 0 unspecified atom stereocenters. The van der Waals surface area contributed by atoms with Crippen LogP contribution >= 0.6 is 0 Å². The number of rotatable bonds is 6. The Bertz CT molecular complexity index is 732. The predicted octanol–water partition coefficient (Wildman–Crippen LogP) is 2.52.